The van der Waals surface area contributed by atoms with Crippen molar-refractivity contribution in [3.05, 3.63) is 35.4 Å². The van der Waals surface area contributed by atoms with E-state index in [0.29, 0.717) is 13.1 Å². The fourth-order valence-corrected chi connectivity index (χ4v) is 0.984. The van der Waals surface area contributed by atoms with Gasteiger partial charge in [-0.05, 0) is 11.1 Å². The number of rotatable bonds is 3. The minimum Gasteiger partial charge on any atom is -0.326 e. The van der Waals surface area contributed by atoms with Crippen LogP contribution in [0.5, 0.6) is 0 Å². The molecule has 0 heterocycles. The van der Waals surface area contributed by atoms with Gasteiger partial charge in [-0.2, -0.15) is 0 Å². The molecule has 0 aromatic heterocycles. The molecule has 0 aliphatic carbocycles. The summed E-state index contributed by atoms with van der Waals surface area (Å²) < 4.78 is 0. The molecule has 0 radical (unpaired) electrons. The van der Waals surface area contributed by atoms with E-state index in [0.717, 1.165) is 11.1 Å². The van der Waals surface area contributed by atoms with Gasteiger partial charge in [0.05, 0.1) is 0 Å². The highest BCUT2D eigenvalue weighted by Gasteiger charge is 1.91. The van der Waals surface area contributed by atoms with Crippen LogP contribution in [-0.2, 0) is 13.1 Å². The van der Waals surface area contributed by atoms with Gasteiger partial charge in [0.25, 0.3) is 0 Å². The van der Waals surface area contributed by atoms with Crippen molar-refractivity contribution in [1.82, 2.24) is 5.43 Å². The summed E-state index contributed by atoms with van der Waals surface area (Å²) in [4.78, 5) is 0. The molecule has 0 unspecified atom stereocenters. The summed E-state index contributed by atoms with van der Waals surface area (Å²) >= 11 is 0. The van der Waals surface area contributed by atoms with E-state index in [1.54, 1.807) is 0 Å². The molecule has 0 saturated carbocycles. The van der Waals surface area contributed by atoms with Crippen LogP contribution in [0.25, 0.3) is 0 Å². The van der Waals surface area contributed by atoms with Crippen molar-refractivity contribution in [3.8, 4) is 0 Å². The monoisotopic (exact) mass is 151 g/mol. The Balaban J connectivity index is 2.74. The van der Waals surface area contributed by atoms with Crippen molar-refractivity contribution in [1.29, 1.82) is 0 Å². The summed E-state index contributed by atoms with van der Waals surface area (Å²) in [6.07, 6.45) is 0. The minimum atomic E-state index is 0.582. The first-order chi connectivity index (χ1) is 5.36. The summed E-state index contributed by atoms with van der Waals surface area (Å²) in [5.41, 5.74) is 10.4. The standard InChI is InChI=1S/C8H13N3/c9-5-7-2-1-3-8(4-7)6-11-10/h1-4,11H,5-6,9-10H2. The first-order valence-electron chi connectivity index (χ1n) is 3.58. The second kappa shape index (κ2) is 4.08. The highest BCUT2D eigenvalue weighted by atomic mass is 15.2. The lowest BCUT2D eigenvalue weighted by Gasteiger charge is -2.01. The molecule has 0 atom stereocenters. The molecule has 3 heteroatoms. The predicted molar refractivity (Wildman–Crippen MR) is 45.4 cm³/mol. The molecule has 5 N–H and O–H groups in total. The van der Waals surface area contributed by atoms with Gasteiger partial charge in [0.15, 0.2) is 0 Å². The quantitative estimate of drug-likeness (QED) is 0.424. The summed E-state index contributed by atoms with van der Waals surface area (Å²) in [7, 11) is 0. The van der Waals surface area contributed by atoms with Gasteiger partial charge in [-0.3, -0.25) is 11.3 Å². The average molecular weight is 151 g/mol. The molecular formula is C8H13N3. The number of nitrogens with two attached hydrogens (primary N) is 2. The van der Waals surface area contributed by atoms with Gasteiger partial charge in [-0.15, -0.1) is 0 Å². The minimum absolute atomic E-state index is 0.582. The fourth-order valence-electron chi connectivity index (χ4n) is 0.984. The Morgan fingerprint density at radius 3 is 2.64 bits per heavy atom. The largest absolute Gasteiger partial charge is 0.326 e. The summed E-state index contributed by atoms with van der Waals surface area (Å²) in [5.74, 6) is 5.17. The average Bonchev–Trinajstić information content (AvgIpc) is 2.06. The Bertz CT molecular complexity index is 222. The zero-order valence-corrected chi connectivity index (χ0v) is 6.38. The second-order valence-corrected chi connectivity index (χ2v) is 2.40. The van der Waals surface area contributed by atoms with E-state index in [4.69, 9.17) is 11.6 Å². The van der Waals surface area contributed by atoms with Crippen molar-refractivity contribution in [2.75, 3.05) is 0 Å². The van der Waals surface area contributed by atoms with Gasteiger partial charge in [-0.1, -0.05) is 24.3 Å². The molecule has 1 rings (SSSR count). The van der Waals surface area contributed by atoms with E-state index in [1.807, 2.05) is 24.3 Å². The van der Waals surface area contributed by atoms with Crippen LogP contribution in [0, 0.1) is 0 Å². The Morgan fingerprint density at radius 2 is 2.00 bits per heavy atom. The second-order valence-electron chi connectivity index (χ2n) is 2.40. The van der Waals surface area contributed by atoms with Crippen LogP contribution in [0.3, 0.4) is 0 Å². The number of hydrazine groups is 1. The van der Waals surface area contributed by atoms with Gasteiger partial charge in [-0.25, -0.2) is 0 Å². The molecule has 1 aromatic rings. The van der Waals surface area contributed by atoms with Gasteiger partial charge in [0.1, 0.15) is 0 Å². The lowest BCUT2D eigenvalue weighted by molar-refractivity contribution is 0.740. The molecule has 0 spiro atoms. The normalized spacial score (nSPS) is 10.0. The Hall–Kier alpha value is -0.900. The van der Waals surface area contributed by atoms with Gasteiger partial charge in [0, 0.05) is 13.1 Å². The van der Waals surface area contributed by atoms with Crippen molar-refractivity contribution in [2.45, 2.75) is 13.1 Å². The van der Waals surface area contributed by atoms with Gasteiger partial charge in [0.2, 0.25) is 0 Å². The molecule has 0 fully saturated rings. The Morgan fingerprint density at radius 1 is 1.27 bits per heavy atom. The lowest BCUT2D eigenvalue weighted by Crippen LogP contribution is -2.20. The van der Waals surface area contributed by atoms with E-state index in [1.165, 1.54) is 0 Å². The van der Waals surface area contributed by atoms with Gasteiger partial charge < -0.3 is 5.73 Å². The smallest absolute Gasteiger partial charge is 0.0348 e. The SMILES string of the molecule is NCc1cccc(CNN)c1. The zero-order valence-electron chi connectivity index (χ0n) is 6.38. The van der Waals surface area contributed by atoms with Crippen LogP contribution in [0.15, 0.2) is 24.3 Å². The van der Waals surface area contributed by atoms with E-state index in [2.05, 4.69) is 5.43 Å². The van der Waals surface area contributed by atoms with Crippen molar-refractivity contribution >= 4 is 0 Å². The maximum atomic E-state index is 5.46. The third kappa shape index (κ3) is 2.31. The first-order valence-corrected chi connectivity index (χ1v) is 3.58. The van der Waals surface area contributed by atoms with E-state index in [9.17, 15) is 0 Å². The topological polar surface area (TPSA) is 64.1 Å². The Labute approximate surface area is 66.4 Å². The van der Waals surface area contributed by atoms with Crippen molar-refractivity contribution < 1.29 is 0 Å². The first kappa shape index (κ1) is 8.20. The van der Waals surface area contributed by atoms with Crippen LogP contribution in [0.2, 0.25) is 0 Å². The molecule has 60 valence electrons. The molecule has 3 nitrogen and oxygen atoms in total. The number of hydrogen-bond donors (Lipinski definition) is 3. The molecule has 11 heavy (non-hydrogen) atoms. The van der Waals surface area contributed by atoms with Crippen molar-refractivity contribution in [3.63, 3.8) is 0 Å². The predicted octanol–water partition coefficient (Wildman–Crippen LogP) is 0.109. The molecule has 1 aromatic carbocycles. The number of benzene rings is 1. The van der Waals surface area contributed by atoms with Crippen LogP contribution < -0.4 is 17.0 Å². The summed E-state index contributed by atoms with van der Waals surface area (Å²) in [6.45, 7) is 1.27. The fraction of sp³-hybridized carbons (Fsp3) is 0.250. The molecule has 0 bridgehead atoms. The van der Waals surface area contributed by atoms with Crippen LogP contribution in [0.4, 0.5) is 0 Å². The summed E-state index contributed by atoms with van der Waals surface area (Å²) in [6, 6.07) is 8.04. The molecular weight excluding hydrogens is 138 g/mol. The molecule has 0 aliphatic rings. The highest BCUT2D eigenvalue weighted by molar-refractivity contribution is 5.22. The summed E-state index contributed by atoms with van der Waals surface area (Å²) in [5, 5.41) is 0. The third-order valence-corrected chi connectivity index (χ3v) is 1.53. The maximum absolute atomic E-state index is 5.46. The van der Waals surface area contributed by atoms with E-state index < -0.39 is 0 Å². The van der Waals surface area contributed by atoms with E-state index in [-0.39, 0.29) is 0 Å². The van der Waals surface area contributed by atoms with Crippen LogP contribution >= 0.6 is 0 Å². The highest BCUT2D eigenvalue weighted by Crippen LogP contribution is 2.03. The van der Waals surface area contributed by atoms with Gasteiger partial charge >= 0.3 is 0 Å². The van der Waals surface area contributed by atoms with E-state index >= 15 is 0 Å². The zero-order chi connectivity index (χ0) is 8.10. The van der Waals surface area contributed by atoms with Crippen molar-refractivity contribution in [2.24, 2.45) is 11.6 Å². The lowest BCUT2D eigenvalue weighted by atomic mass is 10.1. The number of nitrogens with one attached hydrogen (secondary N) is 1. The van der Waals surface area contributed by atoms with Crippen LogP contribution in [-0.4, -0.2) is 0 Å². The maximum Gasteiger partial charge on any atom is 0.0348 e. The third-order valence-electron chi connectivity index (χ3n) is 1.53. The molecule has 0 saturated heterocycles. The molecule has 0 amide bonds. The van der Waals surface area contributed by atoms with Crippen LogP contribution in [0.1, 0.15) is 11.1 Å². The molecule has 0 aliphatic heterocycles. The Kier molecular flexibility index (Phi) is 3.04. The number of hydrogen-bond acceptors (Lipinski definition) is 3.